The average molecular weight is 482 g/mol. The predicted octanol–water partition coefficient (Wildman–Crippen LogP) is 5.56. The smallest absolute Gasteiger partial charge is 0.418 e. The van der Waals surface area contributed by atoms with Crippen LogP contribution < -0.4 is 5.32 Å². The summed E-state index contributed by atoms with van der Waals surface area (Å²) in [5.74, 6) is -1.54. The number of nitrogens with one attached hydrogen (secondary N) is 1. The number of aryl methyl sites for hydroxylation is 2. The third kappa shape index (κ3) is 4.54. The molecule has 0 bridgehead atoms. The highest BCUT2D eigenvalue weighted by Crippen LogP contribution is 2.35. The molecular formula is C25H21F3N4O3. The Morgan fingerprint density at radius 2 is 1.63 bits per heavy atom. The highest BCUT2D eigenvalue weighted by atomic mass is 19.4. The van der Waals surface area contributed by atoms with Crippen molar-refractivity contribution < 1.29 is 27.9 Å². The molecule has 2 aromatic heterocycles. The van der Waals surface area contributed by atoms with E-state index in [1.807, 2.05) is 0 Å². The average Bonchev–Trinajstić information content (AvgIpc) is 3.33. The number of aromatic nitrogens is 3. The van der Waals surface area contributed by atoms with Crippen molar-refractivity contribution in [3.05, 3.63) is 94.6 Å². The topological polar surface area (TPSA) is 89.2 Å². The van der Waals surface area contributed by atoms with Crippen LogP contribution in [0.25, 0.3) is 11.4 Å². The van der Waals surface area contributed by atoms with Crippen molar-refractivity contribution in [3.63, 3.8) is 0 Å². The second-order valence-corrected chi connectivity index (χ2v) is 8.01. The molecule has 2 aromatic carbocycles. The molecule has 0 aliphatic rings. The lowest BCUT2D eigenvalue weighted by Crippen LogP contribution is -2.15. The lowest BCUT2D eigenvalue weighted by Gasteiger charge is -2.16. The van der Waals surface area contributed by atoms with Crippen LogP contribution in [0.15, 0.2) is 60.8 Å². The molecule has 0 spiro atoms. The van der Waals surface area contributed by atoms with Crippen molar-refractivity contribution in [2.45, 2.75) is 26.9 Å². The number of hydrogen-bond acceptors (Lipinski definition) is 3. The number of carboxylic acid groups (broad SMARTS) is 1. The number of alkyl halides is 3. The molecule has 0 unspecified atom stereocenters. The molecule has 35 heavy (non-hydrogen) atoms. The first kappa shape index (κ1) is 23.8. The second kappa shape index (κ2) is 8.79. The zero-order valence-corrected chi connectivity index (χ0v) is 19.0. The summed E-state index contributed by atoms with van der Waals surface area (Å²) in [6.07, 6.45) is -3.14. The fourth-order valence-corrected chi connectivity index (χ4v) is 3.97. The molecule has 0 saturated carbocycles. The molecule has 0 aliphatic heterocycles. The zero-order chi connectivity index (χ0) is 25.5. The van der Waals surface area contributed by atoms with E-state index in [4.69, 9.17) is 0 Å². The molecule has 2 N–H and O–H groups in total. The molecule has 0 fully saturated rings. The van der Waals surface area contributed by atoms with E-state index in [-0.39, 0.29) is 16.8 Å². The highest BCUT2D eigenvalue weighted by molar-refractivity contribution is 6.05. The lowest BCUT2D eigenvalue weighted by atomic mass is 10.1. The number of hydrogen-bond donors (Lipinski definition) is 2. The molecule has 0 radical (unpaired) electrons. The van der Waals surface area contributed by atoms with Crippen LogP contribution in [-0.4, -0.2) is 31.3 Å². The number of carbonyl (C=O) groups excluding carboxylic acids is 1. The molecule has 4 rings (SSSR count). The minimum Gasteiger partial charge on any atom is -0.478 e. The molecular weight excluding hydrogens is 461 g/mol. The first-order chi connectivity index (χ1) is 16.5. The van der Waals surface area contributed by atoms with Crippen molar-refractivity contribution in [2.75, 3.05) is 5.32 Å². The van der Waals surface area contributed by atoms with Crippen LogP contribution in [0.2, 0.25) is 0 Å². The van der Waals surface area contributed by atoms with Gasteiger partial charge >= 0.3 is 12.1 Å². The maximum Gasteiger partial charge on any atom is 0.418 e. The summed E-state index contributed by atoms with van der Waals surface area (Å²) in [5, 5.41) is 16.1. The van der Waals surface area contributed by atoms with Gasteiger partial charge in [0.25, 0.3) is 5.91 Å². The lowest BCUT2D eigenvalue weighted by molar-refractivity contribution is -0.137. The van der Waals surface area contributed by atoms with Gasteiger partial charge in [-0.2, -0.15) is 18.3 Å². The van der Waals surface area contributed by atoms with Gasteiger partial charge in [0, 0.05) is 23.3 Å². The summed E-state index contributed by atoms with van der Waals surface area (Å²) in [6.45, 7) is 4.83. The van der Waals surface area contributed by atoms with Crippen LogP contribution in [0, 0.1) is 20.8 Å². The minimum atomic E-state index is -4.54. The molecule has 1 amide bonds. The second-order valence-electron chi connectivity index (χ2n) is 8.01. The van der Waals surface area contributed by atoms with Gasteiger partial charge in [0.1, 0.15) is 5.56 Å². The van der Waals surface area contributed by atoms with Crippen LogP contribution >= 0.6 is 0 Å². The maximum absolute atomic E-state index is 13.5. The Kier molecular flexibility index (Phi) is 5.98. The number of nitrogens with zero attached hydrogens (tertiary/aromatic N) is 3. The van der Waals surface area contributed by atoms with Gasteiger partial charge in [-0.1, -0.05) is 12.1 Å². The number of carbonyl (C=O) groups is 2. The number of amides is 1. The van der Waals surface area contributed by atoms with Crippen molar-refractivity contribution in [3.8, 4) is 11.4 Å². The zero-order valence-electron chi connectivity index (χ0n) is 19.0. The van der Waals surface area contributed by atoms with E-state index in [9.17, 15) is 27.9 Å². The van der Waals surface area contributed by atoms with E-state index in [1.165, 1.54) is 33.6 Å². The van der Waals surface area contributed by atoms with Crippen molar-refractivity contribution in [2.24, 2.45) is 0 Å². The Bertz CT molecular complexity index is 1430. The first-order valence-corrected chi connectivity index (χ1v) is 10.5. The number of rotatable bonds is 5. The molecule has 180 valence electrons. The summed E-state index contributed by atoms with van der Waals surface area (Å²) in [5.41, 5.74) is 1.80. The standard InChI is InChI=1S/C25H21F3N4O3/c1-14-12-19(16(3)32(14)22-7-5-4-6-21(22)25(26,27)28)23(33)29-17-8-10-18(11-9-17)31-13-20(24(34)35)15(2)30-31/h4-13H,1-3H3,(H,29,33)(H,34,35). The quantitative estimate of drug-likeness (QED) is 0.390. The third-order valence-electron chi connectivity index (χ3n) is 5.65. The summed E-state index contributed by atoms with van der Waals surface area (Å²) < 4.78 is 43.5. The van der Waals surface area contributed by atoms with E-state index in [1.54, 1.807) is 51.1 Å². The molecule has 10 heteroatoms. The largest absolute Gasteiger partial charge is 0.478 e. The molecule has 7 nitrogen and oxygen atoms in total. The Labute approximate surface area is 198 Å². The van der Waals surface area contributed by atoms with Crippen LogP contribution in [0.3, 0.4) is 0 Å². The van der Waals surface area contributed by atoms with Crippen LogP contribution in [0.4, 0.5) is 18.9 Å². The van der Waals surface area contributed by atoms with Gasteiger partial charge in [-0.15, -0.1) is 0 Å². The Balaban J connectivity index is 1.59. The molecule has 4 aromatic rings. The Morgan fingerprint density at radius 3 is 2.23 bits per heavy atom. The number of halogens is 3. The Morgan fingerprint density at radius 1 is 0.971 bits per heavy atom. The van der Waals surface area contributed by atoms with Gasteiger partial charge in [-0.05, 0) is 63.2 Å². The van der Waals surface area contributed by atoms with Gasteiger partial charge in [0.2, 0.25) is 0 Å². The fourth-order valence-electron chi connectivity index (χ4n) is 3.97. The predicted molar refractivity (Wildman–Crippen MR) is 123 cm³/mol. The van der Waals surface area contributed by atoms with Gasteiger partial charge in [-0.3, -0.25) is 4.79 Å². The monoisotopic (exact) mass is 482 g/mol. The number of benzene rings is 2. The number of carboxylic acids is 1. The van der Waals surface area contributed by atoms with Gasteiger partial charge < -0.3 is 15.0 Å². The van der Waals surface area contributed by atoms with Crippen molar-refractivity contribution >= 4 is 17.6 Å². The minimum absolute atomic E-state index is 0.0475. The molecule has 0 saturated heterocycles. The van der Waals surface area contributed by atoms with Gasteiger partial charge in [0.15, 0.2) is 0 Å². The number of aromatic carboxylic acids is 1. The normalized spacial score (nSPS) is 11.5. The van der Waals surface area contributed by atoms with E-state index in [2.05, 4.69) is 10.4 Å². The van der Waals surface area contributed by atoms with Crippen LogP contribution in [0.5, 0.6) is 0 Å². The molecule has 0 atom stereocenters. The van der Waals surface area contributed by atoms with Gasteiger partial charge in [-0.25, -0.2) is 9.48 Å². The SMILES string of the molecule is Cc1nn(-c2ccc(NC(=O)c3cc(C)n(-c4ccccc4C(F)(F)F)c3C)cc2)cc1C(=O)O. The third-order valence-corrected chi connectivity index (χ3v) is 5.65. The molecule has 2 heterocycles. The van der Waals surface area contributed by atoms with Crippen molar-refractivity contribution in [1.29, 1.82) is 0 Å². The van der Waals surface area contributed by atoms with E-state index < -0.39 is 23.6 Å². The number of para-hydroxylation sites is 1. The van der Waals surface area contributed by atoms with Gasteiger partial charge in [0.05, 0.1) is 28.2 Å². The van der Waals surface area contributed by atoms with E-state index in [0.717, 1.165) is 6.07 Å². The summed E-state index contributed by atoms with van der Waals surface area (Å²) in [6, 6.07) is 13.4. The Hall–Kier alpha value is -4.34. The van der Waals surface area contributed by atoms with Crippen LogP contribution in [-0.2, 0) is 6.18 Å². The summed E-state index contributed by atoms with van der Waals surface area (Å²) in [7, 11) is 0. The first-order valence-electron chi connectivity index (χ1n) is 10.5. The summed E-state index contributed by atoms with van der Waals surface area (Å²) in [4.78, 5) is 24.2. The van der Waals surface area contributed by atoms with Crippen molar-refractivity contribution in [1.82, 2.24) is 14.3 Å². The van der Waals surface area contributed by atoms with E-state index >= 15 is 0 Å². The maximum atomic E-state index is 13.5. The van der Waals surface area contributed by atoms with Crippen LogP contribution in [0.1, 0.15) is 43.4 Å². The number of anilines is 1. The highest BCUT2D eigenvalue weighted by Gasteiger charge is 2.34. The summed E-state index contributed by atoms with van der Waals surface area (Å²) >= 11 is 0. The molecule has 0 aliphatic carbocycles. The van der Waals surface area contributed by atoms with E-state index in [0.29, 0.717) is 28.5 Å². The fraction of sp³-hybridized carbons (Fsp3) is 0.160.